The quantitative estimate of drug-likeness (QED) is 0.784. The van der Waals surface area contributed by atoms with Gasteiger partial charge in [-0.2, -0.15) is 0 Å². The summed E-state index contributed by atoms with van der Waals surface area (Å²) in [5.74, 6) is 0.234. The zero-order valence-electron chi connectivity index (χ0n) is 8.78. The fourth-order valence-corrected chi connectivity index (χ4v) is 1.86. The van der Waals surface area contributed by atoms with E-state index in [0.717, 1.165) is 19.5 Å². The zero-order chi connectivity index (χ0) is 10.7. The highest BCUT2D eigenvalue weighted by Crippen LogP contribution is 2.15. The topological polar surface area (TPSA) is 41.0 Å². The molecule has 0 saturated carbocycles. The molecule has 1 aromatic rings. The van der Waals surface area contributed by atoms with Crippen LogP contribution in [0.15, 0.2) is 12.4 Å². The van der Waals surface area contributed by atoms with Crippen LogP contribution in [0.2, 0.25) is 0 Å². The van der Waals surface area contributed by atoms with Crippen molar-refractivity contribution >= 4 is 5.95 Å². The van der Waals surface area contributed by atoms with Gasteiger partial charge in [0.25, 0.3) is 0 Å². The first-order chi connectivity index (χ1) is 7.29. The molecule has 82 valence electrons. The summed E-state index contributed by atoms with van der Waals surface area (Å²) in [4.78, 5) is 10.1. The first-order valence-electron chi connectivity index (χ1n) is 5.19. The molecule has 1 saturated heterocycles. The fraction of sp³-hybridized carbons (Fsp3) is 0.600. The molecule has 1 atom stereocenters. The molecule has 2 rings (SSSR count). The average molecular weight is 210 g/mol. The lowest BCUT2D eigenvalue weighted by Gasteiger charge is -2.32. The summed E-state index contributed by atoms with van der Waals surface area (Å²) in [5, 5.41) is 3.24. The lowest BCUT2D eigenvalue weighted by Crippen LogP contribution is -2.45. The highest BCUT2D eigenvalue weighted by Gasteiger charge is 2.20. The number of halogens is 1. The van der Waals surface area contributed by atoms with E-state index in [2.05, 4.69) is 20.2 Å². The van der Waals surface area contributed by atoms with Gasteiger partial charge in [-0.1, -0.05) is 0 Å². The predicted molar refractivity (Wildman–Crippen MR) is 56.3 cm³/mol. The lowest BCUT2D eigenvalue weighted by molar-refractivity contribution is 0.444. The van der Waals surface area contributed by atoms with Crippen LogP contribution in [0, 0.1) is 5.82 Å². The van der Waals surface area contributed by atoms with Gasteiger partial charge in [0.15, 0.2) is 5.82 Å². The molecule has 0 aliphatic carbocycles. The largest absolute Gasteiger partial charge is 0.339 e. The van der Waals surface area contributed by atoms with Gasteiger partial charge in [0.05, 0.1) is 12.4 Å². The number of piperidine rings is 1. The number of nitrogens with zero attached hydrogens (tertiary/aromatic N) is 3. The van der Waals surface area contributed by atoms with E-state index in [1.807, 2.05) is 7.05 Å². The van der Waals surface area contributed by atoms with Crippen molar-refractivity contribution in [3.8, 4) is 0 Å². The van der Waals surface area contributed by atoms with Crippen LogP contribution in [-0.2, 0) is 0 Å². The van der Waals surface area contributed by atoms with E-state index in [4.69, 9.17) is 0 Å². The SMILES string of the molecule is CN[C@@H]1CCCN(c2ncc(F)cn2)C1. The molecule has 1 aliphatic rings. The van der Waals surface area contributed by atoms with E-state index in [0.29, 0.717) is 12.0 Å². The number of nitrogens with one attached hydrogen (secondary N) is 1. The predicted octanol–water partition coefficient (Wildman–Crippen LogP) is 0.804. The third-order valence-corrected chi connectivity index (χ3v) is 2.72. The second-order valence-corrected chi connectivity index (χ2v) is 3.78. The molecule has 1 aromatic heterocycles. The standard InChI is InChI=1S/C10H15FN4/c1-12-9-3-2-4-15(7-9)10-13-5-8(11)6-14-10/h5-6,9,12H,2-4,7H2,1H3/t9-/m1/s1. The Labute approximate surface area is 88.5 Å². The molecule has 5 heteroatoms. The molecule has 15 heavy (non-hydrogen) atoms. The zero-order valence-corrected chi connectivity index (χ0v) is 8.78. The van der Waals surface area contributed by atoms with Crippen molar-refractivity contribution in [2.75, 3.05) is 25.0 Å². The Balaban J connectivity index is 2.06. The molecule has 1 fully saturated rings. The van der Waals surface area contributed by atoms with Crippen molar-refractivity contribution in [2.45, 2.75) is 18.9 Å². The van der Waals surface area contributed by atoms with Crippen LogP contribution in [0.1, 0.15) is 12.8 Å². The highest BCUT2D eigenvalue weighted by molar-refractivity contribution is 5.29. The molecule has 0 radical (unpaired) electrons. The van der Waals surface area contributed by atoms with Crippen molar-refractivity contribution in [3.05, 3.63) is 18.2 Å². The minimum Gasteiger partial charge on any atom is -0.339 e. The molecule has 4 nitrogen and oxygen atoms in total. The van der Waals surface area contributed by atoms with Gasteiger partial charge < -0.3 is 10.2 Å². The lowest BCUT2D eigenvalue weighted by atomic mass is 10.1. The second-order valence-electron chi connectivity index (χ2n) is 3.78. The van der Waals surface area contributed by atoms with Gasteiger partial charge in [-0.3, -0.25) is 0 Å². The van der Waals surface area contributed by atoms with E-state index in [1.165, 1.54) is 18.8 Å². The summed E-state index contributed by atoms with van der Waals surface area (Å²) in [5.41, 5.74) is 0. The van der Waals surface area contributed by atoms with E-state index >= 15 is 0 Å². The monoisotopic (exact) mass is 210 g/mol. The average Bonchev–Trinajstić information content (AvgIpc) is 2.30. The molecular formula is C10H15FN4. The fourth-order valence-electron chi connectivity index (χ4n) is 1.86. The minimum absolute atomic E-state index is 0.388. The number of aromatic nitrogens is 2. The van der Waals surface area contributed by atoms with Crippen LogP contribution >= 0.6 is 0 Å². The maximum absolute atomic E-state index is 12.6. The smallest absolute Gasteiger partial charge is 0.225 e. The highest BCUT2D eigenvalue weighted by atomic mass is 19.1. The number of anilines is 1. The Morgan fingerprint density at radius 1 is 1.47 bits per heavy atom. The summed E-state index contributed by atoms with van der Waals surface area (Å²) in [6.45, 7) is 1.84. The van der Waals surface area contributed by atoms with Gasteiger partial charge in [-0.05, 0) is 19.9 Å². The van der Waals surface area contributed by atoms with Crippen LogP contribution in [-0.4, -0.2) is 36.1 Å². The molecule has 0 amide bonds. The molecular weight excluding hydrogens is 195 g/mol. The second kappa shape index (κ2) is 4.53. The van der Waals surface area contributed by atoms with Crippen molar-refractivity contribution in [1.82, 2.24) is 15.3 Å². The van der Waals surface area contributed by atoms with Gasteiger partial charge in [-0.25, -0.2) is 14.4 Å². The Hall–Kier alpha value is -1.23. The van der Waals surface area contributed by atoms with Gasteiger partial charge in [0, 0.05) is 19.1 Å². The first kappa shape index (κ1) is 10.3. The van der Waals surface area contributed by atoms with Crippen molar-refractivity contribution in [1.29, 1.82) is 0 Å². The maximum Gasteiger partial charge on any atom is 0.225 e. The third-order valence-electron chi connectivity index (χ3n) is 2.72. The van der Waals surface area contributed by atoms with E-state index < -0.39 is 0 Å². The van der Waals surface area contributed by atoms with Crippen LogP contribution in [0.25, 0.3) is 0 Å². The summed E-state index contributed by atoms with van der Waals surface area (Å²) in [7, 11) is 1.96. The van der Waals surface area contributed by atoms with E-state index in [-0.39, 0.29) is 5.82 Å². The molecule has 2 heterocycles. The number of hydrogen-bond donors (Lipinski definition) is 1. The van der Waals surface area contributed by atoms with Crippen LogP contribution in [0.3, 0.4) is 0 Å². The molecule has 1 aliphatic heterocycles. The first-order valence-corrected chi connectivity index (χ1v) is 5.19. The van der Waals surface area contributed by atoms with Crippen LogP contribution in [0.4, 0.5) is 10.3 Å². The van der Waals surface area contributed by atoms with E-state index in [9.17, 15) is 4.39 Å². The molecule has 0 spiro atoms. The summed E-state index contributed by atoms with van der Waals surface area (Å²) in [6, 6.07) is 0.479. The molecule has 0 bridgehead atoms. The van der Waals surface area contributed by atoms with Crippen LogP contribution < -0.4 is 10.2 Å². The van der Waals surface area contributed by atoms with Gasteiger partial charge in [0.2, 0.25) is 5.95 Å². The Morgan fingerprint density at radius 2 is 2.20 bits per heavy atom. The van der Waals surface area contributed by atoms with Crippen LogP contribution in [0.5, 0.6) is 0 Å². The van der Waals surface area contributed by atoms with Crippen molar-refractivity contribution < 1.29 is 4.39 Å². The third kappa shape index (κ3) is 2.41. The molecule has 1 N–H and O–H groups in total. The summed E-state index contributed by atoms with van der Waals surface area (Å²) < 4.78 is 12.6. The summed E-state index contributed by atoms with van der Waals surface area (Å²) in [6.07, 6.45) is 4.72. The van der Waals surface area contributed by atoms with E-state index in [1.54, 1.807) is 0 Å². The maximum atomic E-state index is 12.6. The number of rotatable bonds is 2. The van der Waals surface area contributed by atoms with Gasteiger partial charge in [0.1, 0.15) is 0 Å². The number of hydrogen-bond acceptors (Lipinski definition) is 4. The van der Waals surface area contributed by atoms with Gasteiger partial charge in [-0.15, -0.1) is 0 Å². The van der Waals surface area contributed by atoms with Crippen molar-refractivity contribution in [3.63, 3.8) is 0 Å². The molecule has 0 aromatic carbocycles. The van der Waals surface area contributed by atoms with Gasteiger partial charge >= 0.3 is 0 Å². The Kier molecular flexibility index (Phi) is 3.11. The molecule has 0 unspecified atom stereocenters. The van der Waals surface area contributed by atoms with Crippen molar-refractivity contribution in [2.24, 2.45) is 0 Å². The Bertz CT molecular complexity index is 314. The Morgan fingerprint density at radius 3 is 2.87 bits per heavy atom. The normalized spacial score (nSPS) is 21.7. The summed E-state index contributed by atoms with van der Waals surface area (Å²) >= 11 is 0. The minimum atomic E-state index is -0.388. The number of likely N-dealkylation sites (N-methyl/N-ethyl adjacent to an activating group) is 1.